The summed E-state index contributed by atoms with van der Waals surface area (Å²) in [5.74, 6) is -0.130. The standard InChI is InChI=1S/C27H39NO3Si/c1-27(2,3)32(5,6)31-21-22-15-17-23(18-16-22)25(24-12-11-19-28-20-24)13-9-7-8-10-14-26(29)30-4/h11-13,15-20H,7-10,14,21H2,1-6H3/b25-13-. The maximum Gasteiger partial charge on any atom is 0.305 e. The van der Waals surface area contributed by atoms with Crippen molar-refractivity contribution in [3.63, 3.8) is 0 Å². The number of hydrogen-bond acceptors (Lipinski definition) is 4. The van der Waals surface area contributed by atoms with E-state index in [2.05, 4.69) is 75.3 Å². The van der Waals surface area contributed by atoms with E-state index in [1.165, 1.54) is 23.8 Å². The molecule has 0 amide bonds. The van der Waals surface area contributed by atoms with Crippen molar-refractivity contribution in [1.29, 1.82) is 0 Å². The van der Waals surface area contributed by atoms with E-state index < -0.39 is 8.32 Å². The second-order valence-corrected chi connectivity index (χ2v) is 14.6. The normalized spacial score (nSPS) is 12.6. The molecule has 174 valence electrons. The molecule has 0 saturated carbocycles. The van der Waals surface area contributed by atoms with Gasteiger partial charge in [-0.3, -0.25) is 9.78 Å². The molecular formula is C27H39NO3Si. The Morgan fingerprint density at radius 1 is 1.03 bits per heavy atom. The maximum absolute atomic E-state index is 11.3. The highest BCUT2D eigenvalue weighted by Gasteiger charge is 2.36. The number of allylic oxidation sites excluding steroid dienone is 1. The molecule has 2 aromatic rings. The molecule has 1 aromatic carbocycles. The van der Waals surface area contributed by atoms with Crippen LogP contribution in [0, 0.1) is 0 Å². The molecule has 32 heavy (non-hydrogen) atoms. The Balaban J connectivity index is 2.06. The zero-order chi connectivity index (χ0) is 23.6. The van der Waals surface area contributed by atoms with E-state index in [0.717, 1.165) is 31.2 Å². The predicted octanol–water partition coefficient (Wildman–Crippen LogP) is 7.16. The molecule has 0 N–H and O–H groups in total. The van der Waals surface area contributed by atoms with Gasteiger partial charge in [-0.1, -0.05) is 63.6 Å². The van der Waals surface area contributed by atoms with Crippen LogP contribution in [0.2, 0.25) is 18.1 Å². The van der Waals surface area contributed by atoms with E-state index in [1.54, 1.807) is 6.20 Å². The minimum absolute atomic E-state index is 0.130. The summed E-state index contributed by atoms with van der Waals surface area (Å²) in [7, 11) is -0.322. The fourth-order valence-electron chi connectivity index (χ4n) is 3.12. The lowest BCUT2D eigenvalue weighted by Gasteiger charge is -2.36. The summed E-state index contributed by atoms with van der Waals surface area (Å²) in [6, 6.07) is 12.8. The van der Waals surface area contributed by atoms with Gasteiger partial charge in [0.15, 0.2) is 8.32 Å². The Bertz CT molecular complexity index is 868. The first-order valence-corrected chi connectivity index (χ1v) is 14.5. The molecule has 0 aliphatic heterocycles. The van der Waals surface area contributed by atoms with Gasteiger partial charge in [-0.15, -0.1) is 0 Å². The molecule has 1 aromatic heterocycles. The number of nitrogens with zero attached hydrogens (tertiary/aromatic N) is 1. The molecular weight excluding hydrogens is 414 g/mol. The highest BCUT2D eigenvalue weighted by molar-refractivity contribution is 6.74. The fourth-order valence-corrected chi connectivity index (χ4v) is 4.08. The van der Waals surface area contributed by atoms with Crippen LogP contribution in [0.15, 0.2) is 54.9 Å². The van der Waals surface area contributed by atoms with Gasteiger partial charge in [-0.2, -0.15) is 0 Å². The van der Waals surface area contributed by atoms with Crippen molar-refractivity contribution in [2.24, 2.45) is 0 Å². The third-order valence-electron chi connectivity index (χ3n) is 6.30. The van der Waals surface area contributed by atoms with Crippen LogP contribution in [0.5, 0.6) is 0 Å². The summed E-state index contributed by atoms with van der Waals surface area (Å²) in [5, 5.41) is 0.208. The number of carbonyl (C=O) groups excluding carboxylic acids is 1. The summed E-state index contributed by atoms with van der Waals surface area (Å²) in [6.07, 6.45) is 10.4. The smallest absolute Gasteiger partial charge is 0.305 e. The number of aromatic nitrogens is 1. The van der Waals surface area contributed by atoms with E-state index >= 15 is 0 Å². The average Bonchev–Trinajstić information content (AvgIpc) is 2.77. The first-order valence-electron chi connectivity index (χ1n) is 11.5. The molecule has 0 saturated heterocycles. The lowest BCUT2D eigenvalue weighted by Crippen LogP contribution is -2.40. The molecule has 0 aliphatic rings. The number of pyridine rings is 1. The number of benzene rings is 1. The molecule has 4 nitrogen and oxygen atoms in total. The zero-order valence-electron chi connectivity index (χ0n) is 20.6. The quantitative estimate of drug-likeness (QED) is 0.206. The topological polar surface area (TPSA) is 48.4 Å². The van der Waals surface area contributed by atoms with Gasteiger partial charge < -0.3 is 9.16 Å². The van der Waals surface area contributed by atoms with Crippen molar-refractivity contribution in [3.05, 3.63) is 71.6 Å². The van der Waals surface area contributed by atoms with Crippen LogP contribution >= 0.6 is 0 Å². The summed E-state index contributed by atoms with van der Waals surface area (Å²) in [4.78, 5) is 15.6. The Morgan fingerprint density at radius 3 is 2.34 bits per heavy atom. The monoisotopic (exact) mass is 453 g/mol. The van der Waals surface area contributed by atoms with Gasteiger partial charge in [0.2, 0.25) is 0 Å². The number of hydrogen-bond donors (Lipinski definition) is 0. The summed E-state index contributed by atoms with van der Waals surface area (Å²) in [5.41, 5.74) is 4.70. The van der Waals surface area contributed by atoms with Crippen molar-refractivity contribution in [1.82, 2.24) is 4.98 Å². The predicted molar refractivity (Wildman–Crippen MR) is 135 cm³/mol. The van der Waals surface area contributed by atoms with Gasteiger partial charge in [0, 0.05) is 24.4 Å². The van der Waals surface area contributed by atoms with Crippen molar-refractivity contribution in [3.8, 4) is 0 Å². The van der Waals surface area contributed by atoms with E-state index in [4.69, 9.17) is 9.16 Å². The average molecular weight is 454 g/mol. The van der Waals surface area contributed by atoms with Crippen LogP contribution in [-0.2, 0) is 20.6 Å². The molecule has 2 rings (SSSR count). The fraction of sp³-hybridized carbons (Fsp3) is 0.481. The highest BCUT2D eigenvalue weighted by atomic mass is 28.4. The Hall–Kier alpha value is -2.24. The van der Waals surface area contributed by atoms with Crippen LogP contribution in [-0.4, -0.2) is 26.4 Å². The third-order valence-corrected chi connectivity index (χ3v) is 10.8. The van der Waals surface area contributed by atoms with Gasteiger partial charge in [-0.25, -0.2) is 0 Å². The van der Waals surface area contributed by atoms with E-state index in [1.807, 2.05) is 12.3 Å². The number of unbranched alkanes of at least 4 members (excludes halogenated alkanes) is 3. The van der Waals surface area contributed by atoms with E-state index in [-0.39, 0.29) is 11.0 Å². The lowest BCUT2D eigenvalue weighted by molar-refractivity contribution is -0.140. The molecule has 5 heteroatoms. The lowest BCUT2D eigenvalue weighted by atomic mass is 9.96. The number of esters is 1. The number of rotatable bonds is 11. The Morgan fingerprint density at radius 2 is 1.75 bits per heavy atom. The van der Waals surface area contributed by atoms with E-state index in [9.17, 15) is 4.79 Å². The van der Waals surface area contributed by atoms with Gasteiger partial charge in [0.25, 0.3) is 0 Å². The van der Waals surface area contributed by atoms with Crippen molar-refractivity contribution in [2.45, 2.75) is 77.6 Å². The van der Waals surface area contributed by atoms with Crippen LogP contribution < -0.4 is 0 Å². The van der Waals surface area contributed by atoms with Crippen LogP contribution in [0.1, 0.15) is 69.6 Å². The van der Waals surface area contributed by atoms with Crippen molar-refractivity contribution >= 4 is 19.9 Å². The second kappa shape index (κ2) is 12.1. The summed E-state index contributed by atoms with van der Waals surface area (Å²) < 4.78 is 11.1. The van der Waals surface area contributed by atoms with Crippen LogP contribution in [0.3, 0.4) is 0 Å². The van der Waals surface area contributed by atoms with Crippen LogP contribution in [0.4, 0.5) is 0 Å². The SMILES string of the molecule is COC(=O)CCCCC/C=C(/c1ccc(CO[Si](C)(C)C(C)(C)C)cc1)c1cccnc1. The number of carbonyl (C=O) groups is 1. The Labute approximate surface area is 195 Å². The molecule has 0 atom stereocenters. The molecule has 0 bridgehead atoms. The van der Waals surface area contributed by atoms with Gasteiger partial charge in [0.05, 0.1) is 13.7 Å². The van der Waals surface area contributed by atoms with E-state index in [0.29, 0.717) is 13.0 Å². The molecule has 0 aliphatic carbocycles. The summed E-state index contributed by atoms with van der Waals surface area (Å²) in [6.45, 7) is 12.0. The first-order chi connectivity index (χ1) is 15.1. The van der Waals surface area contributed by atoms with Gasteiger partial charge in [0.1, 0.15) is 0 Å². The molecule has 0 unspecified atom stereocenters. The third kappa shape index (κ3) is 8.03. The highest BCUT2D eigenvalue weighted by Crippen LogP contribution is 2.37. The molecule has 1 heterocycles. The summed E-state index contributed by atoms with van der Waals surface area (Å²) >= 11 is 0. The van der Waals surface area contributed by atoms with Crippen LogP contribution in [0.25, 0.3) is 5.57 Å². The molecule has 0 spiro atoms. The van der Waals surface area contributed by atoms with Crippen molar-refractivity contribution < 1.29 is 14.0 Å². The van der Waals surface area contributed by atoms with Gasteiger partial charge >= 0.3 is 5.97 Å². The largest absolute Gasteiger partial charge is 0.469 e. The minimum atomic E-state index is -1.76. The van der Waals surface area contributed by atoms with Gasteiger partial charge in [-0.05, 0) is 60.2 Å². The molecule has 0 radical (unpaired) electrons. The molecule has 0 fully saturated rings. The maximum atomic E-state index is 11.3. The zero-order valence-corrected chi connectivity index (χ0v) is 21.6. The Kier molecular flexibility index (Phi) is 9.85. The number of ether oxygens (including phenoxy) is 1. The van der Waals surface area contributed by atoms with Crippen molar-refractivity contribution in [2.75, 3.05) is 7.11 Å². The number of methoxy groups -OCH3 is 1. The second-order valence-electron chi connectivity index (χ2n) is 9.78. The minimum Gasteiger partial charge on any atom is -0.469 e. The first kappa shape index (κ1) is 26.0.